The summed E-state index contributed by atoms with van der Waals surface area (Å²) in [5, 5.41) is 3.56. The van der Waals surface area contributed by atoms with E-state index in [-0.39, 0.29) is 18.1 Å². The van der Waals surface area contributed by atoms with Crippen molar-refractivity contribution in [2.24, 2.45) is 5.92 Å². The largest absolute Gasteiger partial charge is 0.466 e. The summed E-state index contributed by atoms with van der Waals surface area (Å²) < 4.78 is 10.9. The van der Waals surface area contributed by atoms with E-state index in [1.807, 2.05) is 51.1 Å². The molecule has 1 fully saturated rings. The van der Waals surface area contributed by atoms with Crippen LogP contribution in [0.3, 0.4) is 0 Å². The molecule has 0 radical (unpaired) electrons. The third-order valence-corrected chi connectivity index (χ3v) is 5.16. The van der Waals surface area contributed by atoms with Gasteiger partial charge in [-0.2, -0.15) is 0 Å². The fourth-order valence-corrected chi connectivity index (χ4v) is 3.58. The number of ether oxygens (including phenoxy) is 2. The van der Waals surface area contributed by atoms with Crippen LogP contribution in [0.2, 0.25) is 0 Å². The second kappa shape index (κ2) is 11.9. The van der Waals surface area contributed by atoms with Crippen LogP contribution in [-0.2, 0) is 14.3 Å². The highest BCUT2D eigenvalue weighted by Gasteiger charge is 2.28. The van der Waals surface area contributed by atoms with Crippen LogP contribution in [0.15, 0.2) is 30.3 Å². The van der Waals surface area contributed by atoms with Crippen LogP contribution < -0.4 is 5.32 Å². The molecule has 168 valence electrons. The fraction of sp³-hybridized carbons (Fsp3) is 0.667. The standard InChI is InChI=1S/C24H38N2O4/c1-5-6-15-29-22(27)16-21(20-12-8-7-9-13-20)25-17-19-11-10-14-26(18-19)23(28)30-24(2,3)4/h7-9,12-13,19,21,25H,5-6,10-11,14-18H2,1-4H3/t19-,21?/m1/s1. The van der Waals surface area contributed by atoms with Crippen molar-refractivity contribution >= 4 is 12.1 Å². The quantitative estimate of drug-likeness (QED) is 0.465. The van der Waals surface area contributed by atoms with Crippen molar-refractivity contribution in [1.29, 1.82) is 0 Å². The summed E-state index contributed by atoms with van der Waals surface area (Å²) >= 11 is 0. The van der Waals surface area contributed by atoms with E-state index in [0.717, 1.165) is 44.3 Å². The van der Waals surface area contributed by atoms with E-state index in [9.17, 15) is 9.59 Å². The zero-order valence-corrected chi connectivity index (χ0v) is 19.0. The molecule has 1 unspecified atom stereocenters. The monoisotopic (exact) mass is 418 g/mol. The molecule has 1 aromatic rings. The molecule has 0 saturated carbocycles. The molecule has 2 rings (SSSR count). The first kappa shape index (κ1) is 24.2. The Morgan fingerprint density at radius 2 is 1.97 bits per heavy atom. The average molecular weight is 419 g/mol. The molecule has 0 spiro atoms. The summed E-state index contributed by atoms with van der Waals surface area (Å²) in [6, 6.07) is 9.90. The van der Waals surface area contributed by atoms with E-state index in [4.69, 9.17) is 9.47 Å². The van der Waals surface area contributed by atoms with E-state index in [1.54, 1.807) is 4.90 Å². The summed E-state index contributed by atoms with van der Waals surface area (Å²) in [5.74, 6) is 0.150. The number of benzene rings is 1. The SMILES string of the molecule is CCCCOC(=O)CC(NC[C@H]1CCCN(C(=O)OC(C)(C)C)C1)c1ccccc1. The molecular weight excluding hydrogens is 380 g/mol. The van der Waals surface area contributed by atoms with Gasteiger partial charge in [0.1, 0.15) is 5.60 Å². The summed E-state index contributed by atoms with van der Waals surface area (Å²) in [7, 11) is 0. The number of esters is 1. The number of carbonyl (C=O) groups is 2. The molecular formula is C24H38N2O4. The number of nitrogens with zero attached hydrogens (tertiary/aromatic N) is 1. The molecule has 1 heterocycles. The van der Waals surface area contributed by atoms with Crippen LogP contribution in [0.5, 0.6) is 0 Å². The van der Waals surface area contributed by atoms with E-state index in [1.165, 1.54) is 0 Å². The molecule has 6 nitrogen and oxygen atoms in total. The number of piperidine rings is 1. The summed E-state index contributed by atoms with van der Waals surface area (Å²) in [6.07, 6.45) is 3.96. The Labute approximate surface area is 181 Å². The van der Waals surface area contributed by atoms with Crippen LogP contribution in [0.4, 0.5) is 4.79 Å². The Balaban J connectivity index is 1.92. The zero-order chi connectivity index (χ0) is 22.0. The van der Waals surface area contributed by atoms with Crippen molar-refractivity contribution in [1.82, 2.24) is 10.2 Å². The lowest BCUT2D eigenvalue weighted by Gasteiger charge is -2.35. The van der Waals surface area contributed by atoms with E-state index in [2.05, 4.69) is 12.2 Å². The number of amides is 1. The van der Waals surface area contributed by atoms with Gasteiger partial charge in [-0.05, 0) is 51.5 Å². The topological polar surface area (TPSA) is 67.9 Å². The third-order valence-electron chi connectivity index (χ3n) is 5.16. The van der Waals surface area contributed by atoms with Gasteiger partial charge in [0.25, 0.3) is 0 Å². The van der Waals surface area contributed by atoms with Crippen molar-refractivity contribution in [3.05, 3.63) is 35.9 Å². The molecule has 30 heavy (non-hydrogen) atoms. The number of hydrogen-bond acceptors (Lipinski definition) is 5. The second-order valence-corrected chi connectivity index (χ2v) is 9.08. The smallest absolute Gasteiger partial charge is 0.410 e. The van der Waals surface area contributed by atoms with Crippen LogP contribution in [0.1, 0.15) is 71.4 Å². The molecule has 1 N–H and O–H groups in total. The van der Waals surface area contributed by atoms with Gasteiger partial charge in [0.2, 0.25) is 0 Å². The highest BCUT2D eigenvalue weighted by atomic mass is 16.6. The summed E-state index contributed by atoms with van der Waals surface area (Å²) in [6.45, 7) is 10.4. The minimum absolute atomic E-state index is 0.0998. The Bertz CT molecular complexity index is 657. The second-order valence-electron chi connectivity index (χ2n) is 9.08. The maximum atomic E-state index is 12.4. The van der Waals surface area contributed by atoms with Crippen LogP contribution in [0, 0.1) is 5.92 Å². The molecule has 6 heteroatoms. The first-order valence-electron chi connectivity index (χ1n) is 11.2. The molecule has 1 amide bonds. The predicted molar refractivity (Wildman–Crippen MR) is 118 cm³/mol. The number of hydrogen-bond donors (Lipinski definition) is 1. The lowest BCUT2D eigenvalue weighted by Crippen LogP contribution is -2.45. The number of likely N-dealkylation sites (tertiary alicyclic amines) is 1. The minimum Gasteiger partial charge on any atom is -0.466 e. The number of unbranched alkanes of at least 4 members (excludes halogenated alkanes) is 1. The van der Waals surface area contributed by atoms with Gasteiger partial charge < -0.3 is 19.7 Å². The third kappa shape index (κ3) is 8.74. The first-order chi connectivity index (χ1) is 14.3. The average Bonchev–Trinajstić information content (AvgIpc) is 2.71. The van der Waals surface area contributed by atoms with Gasteiger partial charge in [-0.1, -0.05) is 43.7 Å². The van der Waals surface area contributed by atoms with Gasteiger partial charge in [0, 0.05) is 25.7 Å². The molecule has 1 aliphatic heterocycles. The van der Waals surface area contributed by atoms with Gasteiger partial charge in [0.15, 0.2) is 0 Å². The van der Waals surface area contributed by atoms with Crippen LogP contribution in [0.25, 0.3) is 0 Å². The number of rotatable bonds is 9. The maximum Gasteiger partial charge on any atom is 0.410 e. The highest BCUT2D eigenvalue weighted by Crippen LogP contribution is 2.22. The van der Waals surface area contributed by atoms with Crippen LogP contribution >= 0.6 is 0 Å². The van der Waals surface area contributed by atoms with Crippen molar-refractivity contribution in [3.8, 4) is 0 Å². The van der Waals surface area contributed by atoms with Gasteiger partial charge in [-0.15, -0.1) is 0 Å². The molecule has 1 aliphatic rings. The van der Waals surface area contributed by atoms with Gasteiger partial charge in [0.05, 0.1) is 13.0 Å². The Kier molecular flexibility index (Phi) is 9.63. The Morgan fingerprint density at radius 3 is 2.63 bits per heavy atom. The number of carbonyl (C=O) groups excluding carboxylic acids is 2. The molecule has 1 saturated heterocycles. The highest BCUT2D eigenvalue weighted by molar-refractivity contribution is 5.70. The minimum atomic E-state index is -0.487. The Morgan fingerprint density at radius 1 is 1.23 bits per heavy atom. The van der Waals surface area contributed by atoms with Crippen LogP contribution in [-0.4, -0.2) is 48.8 Å². The van der Waals surface area contributed by atoms with Gasteiger partial charge >= 0.3 is 12.1 Å². The lowest BCUT2D eigenvalue weighted by atomic mass is 9.96. The summed E-state index contributed by atoms with van der Waals surface area (Å²) in [5.41, 5.74) is 0.587. The van der Waals surface area contributed by atoms with Gasteiger partial charge in [-0.25, -0.2) is 4.79 Å². The molecule has 0 bridgehead atoms. The maximum absolute atomic E-state index is 12.4. The summed E-state index contributed by atoms with van der Waals surface area (Å²) in [4.78, 5) is 26.5. The normalized spacial score (nSPS) is 18.0. The predicted octanol–water partition coefficient (Wildman–Crippen LogP) is 4.70. The number of nitrogens with one attached hydrogen (secondary N) is 1. The molecule has 2 atom stereocenters. The molecule has 1 aromatic carbocycles. The molecule has 0 aromatic heterocycles. The van der Waals surface area contributed by atoms with Gasteiger partial charge in [-0.3, -0.25) is 4.79 Å². The van der Waals surface area contributed by atoms with Crippen molar-refractivity contribution in [2.75, 3.05) is 26.2 Å². The van der Waals surface area contributed by atoms with E-state index >= 15 is 0 Å². The zero-order valence-electron chi connectivity index (χ0n) is 19.0. The first-order valence-corrected chi connectivity index (χ1v) is 11.2. The Hall–Kier alpha value is -2.08. The van der Waals surface area contributed by atoms with Crippen molar-refractivity contribution in [2.45, 2.75) is 71.4 Å². The van der Waals surface area contributed by atoms with Crippen molar-refractivity contribution < 1.29 is 19.1 Å². The van der Waals surface area contributed by atoms with E-state index < -0.39 is 5.60 Å². The van der Waals surface area contributed by atoms with Crippen molar-refractivity contribution in [3.63, 3.8) is 0 Å². The lowest BCUT2D eigenvalue weighted by molar-refractivity contribution is -0.144. The fourth-order valence-electron chi connectivity index (χ4n) is 3.58. The molecule has 0 aliphatic carbocycles. The van der Waals surface area contributed by atoms with E-state index in [0.29, 0.717) is 25.5 Å².